The number of carboxylic acids is 1. The summed E-state index contributed by atoms with van der Waals surface area (Å²) in [5.74, 6) is -0.551. The molecule has 0 bridgehead atoms. The Hall–Kier alpha value is -2.24. The molecule has 110 valence electrons. The minimum atomic E-state index is -1.29. The highest BCUT2D eigenvalue weighted by molar-refractivity contribution is 5.94. The van der Waals surface area contributed by atoms with Crippen molar-refractivity contribution >= 4 is 17.7 Å². The summed E-state index contributed by atoms with van der Waals surface area (Å²) in [6, 6.07) is 6.34. The van der Waals surface area contributed by atoms with Gasteiger partial charge in [0.1, 0.15) is 11.3 Å². The van der Waals surface area contributed by atoms with Gasteiger partial charge in [-0.2, -0.15) is 0 Å². The monoisotopic (exact) mass is 280 g/mol. The smallest absolute Gasteiger partial charge is 0.329 e. The number of amides is 2. The lowest BCUT2D eigenvalue weighted by atomic mass is 9.97. The van der Waals surface area contributed by atoms with E-state index in [1.165, 1.54) is 14.0 Å². The van der Waals surface area contributed by atoms with Crippen LogP contribution in [0.25, 0.3) is 0 Å². The fourth-order valence-electron chi connectivity index (χ4n) is 1.87. The number of methoxy groups -OCH3 is 1. The zero-order valence-corrected chi connectivity index (χ0v) is 11.9. The molecule has 0 radical (unpaired) electrons. The molecule has 1 rings (SSSR count). The molecular weight excluding hydrogens is 260 g/mol. The van der Waals surface area contributed by atoms with Crippen LogP contribution in [0.1, 0.15) is 26.7 Å². The van der Waals surface area contributed by atoms with Gasteiger partial charge in [-0.05, 0) is 25.5 Å². The van der Waals surface area contributed by atoms with Crippen molar-refractivity contribution in [2.24, 2.45) is 0 Å². The van der Waals surface area contributed by atoms with Gasteiger partial charge in [-0.1, -0.05) is 25.5 Å². The number of nitrogens with one attached hydrogen (secondary N) is 2. The fourth-order valence-corrected chi connectivity index (χ4v) is 1.87. The van der Waals surface area contributed by atoms with E-state index in [0.717, 1.165) is 0 Å². The number of aliphatic carboxylic acids is 1. The number of para-hydroxylation sites is 2. The minimum Gasteiger partial charge on any atom is -0.495 e. The molecule has 1 atom stereocenters. The Balaban J connectivity index is 2.78. The second-order valence-electron chi connectivity index (χ2n) is 4.67. The largest absolute Gasteiger partial charge is 0.495 e. The third-order valence-electron chi connectivity index (χ3n) is 2.97. The van der Waals surface area contributed by atoms with Gasteiger partial charge in [-0.3, -0.25) is 0 Å². The molecule has 0 aliphatic heterocycles. The molecule has 20 heavy (non-hydrogen) atoms. The highest BCUT2D eigenvalue weighted by atomic mass is 16.5. The number of hydrogen-bond acceptors (Lipinski definition) is 3. The maximum absolute atomic E-state index is 11.9. The Bertz CT molecular complexity index is 490. The first kappa shape index (κ1) is 15.8. The van der Waals surface area contributed by atoms with Crippen molar-refractivity contribution in [3.63, 3.8) is 0 Å². The van der Waals surface area contributed by atoms with E-state index < -0.39 is 17.5 Å². The van der Waals surface area contributed by atoms with Crippen LogP contribution in [0.3, 0.4) is 0 Å². The van der Waals surface area contributed by atoms with Gasteiger partial charge in [0.15, 0.2) is 0 Å². The lowest BCUT2D eigenvalue weighted by Gasteiger charge is -2.26. The third kappa shape index (κ3) is 3.88. The molecule has 0 spiro atoms. The van der Waals surface area contributed by atoms with Crippen LogP contribution in [0.2, 0.25) is 0 Å². The molecule has 0 heterocycles. The number of ether oxygens (including phenoxy) is 1. The highest BCUT2D eigenvalue weighted by Gasteiger charge is 2.33. The zero-order valence-electron chi connectivity index (χ0n) is 11.9. The summed E-state index contributed by atoms with van der Waals surface area (Å²) in [5, 5.41) is 14.3. The van der Waals surface area contributed by atoms with Crippen LogP contribution in [-0.4, -0.2) is 29.8 Å². The molecule has 0 fully saturated rings. The predicted molar refractivity (Wildman–Crippen MR) is 76.1 cm³/mol. The number of carbonyl (C=O) groups is 2. The average molecular weight is 280 g/mol. The molecule has 6 heteroatoms. The topological polar surface area (TPSA) is 87.7 Å². The molecule has 1 unspecified atom stereocenters. The third-order valence-corrected chi connectivity index (χ3v) is 2.97. The quantitative estimate of drug-likeness (QED) is 0.747. The average Bonchev–Trinajstić information content (AvgIpc) is 2.39. The van der Waals surface area contributed by atoms with Crippen LogP contribution in [0.5, 0.6) is 5.75 Å². The van der Waals surface area contributed by atoms with E-state index in [1.54, 1.807) is 24.3 Å². The van der Waals surface area contributed by atoms with Crippen molar-refractivity contribution in [3.8, 4) is 5.75 Å². The molecule has 0 aromatic heterocycles. The van der Waals surface area contributed by atoms with Crippen molar-refractivity contribution in [3.05, 3.63) is 24.3 Å². The first-order valence-corrected chi connectivity index (χ1v) is 6.38. The Labute approximate surface area is 118 Å². The number of urea groups is 1. The highest BCUT2D eigenvalue weighted by Crippen LogP contribution is 2.23. The second kappa shape index (κ2) is 6.79. The van der Waals surface area contributed by atoms with Crippen LogP contribution in [0.4, 0.5) is 10.5 Å². The van der Waals surface area contributed by atoms with E-state index in [0.29, 0.717) is 24.3 Å². The van der Waals surface area contributed by atoms with Gasteiger partial charge in [-0.15, -0.1) is 0 Å². The van der Waals surface area contributed by atoms with E-state index in [2.05, 4.69) is 10.6 Å². The number of anilines is 1. The number of benzene rings is 1. The number of carboxylic acid groups (broad SMARTS) is 1. The van der Waals surface area contributed by atoms with Gasteiger partial charge in [0.2, 0.25) is 0 Å². The normalized spacial score (nSPS) is 13.2. The van der Waals surface area contributed by atoms with Crippen LogP contribution in [-0.2, 0) is 4.79 Å². The zero-order chi connectivity index (χ0) is 15.2. The standard InChI is InChI=1S/C14H20N2O4/c1-4-9-14(2,12(17)18)16-13(19)15-10-7-5-6-8-11(10)20-3/h5-8H,4,9H2,1-3H3,(H,17,18)(H2,15,16,19). The Morgan fingerprint density at radius 2 is 2.00 bits per heavy atom. The predicted octanol–water partition coefficient (Wildman–Crippen LogP) is 2.46. The Kier molecular flexibility index (Phi) is 5.37. The Morgan fingerprint density at radius 1 is 1.35 bits per heavy atom. The number of rotatable bonds is 6. The summed E-state index contributed by atoms with van der Waals surface area (Å²) in [6.45, 7) is 3.35. The van der Waals surface area contributed by atoms with Crippen molar-refractivity contribution < 1.29 is 19.4 Å². The maximum atomic E-state index is 11.9. The first-order valence-electron chi connectivity index (χ1n) is 6.38. The first-order chi connectivity index (χ1) is 9.42. The molecule has 0 aliphatic carbocycles. The van der Waals surface area contributed by atoms with Crippen molar-refractivity contribution in [1.29, 1.82) is 0 Å². The summed E-state index contributed by atoms with van der Waals surface area (Å²) < 4.78 is 5.11. The SMILES string of the molecule is CCCC(C)(NC(=O)Nc1ccccc1OC)C(=O)O. The summed E-state index contributed by atoms with van der Waals surface area (Å²) in [7, 11) is 1.50. The van der Waals surface area contributed by atoms with E-state index in [9.17, 15) is 14.7 Å². The maximum Gasteiger partial charge on any atom is 0.329 e. The van der Waals surface area contributed by atoms with Crippen molar-refractivity contribution in [2.75, 3.05) is 12.4 Å². The van der Waals surface area contributed by atoms with Crippen LogP contribution in [0.15, 0.2) is 24.3 Å². The van der Waals surface area contributed by atoms with Gasteiger partial charge >= 0.3 is 12.0 Å². The van der Waals surface area contributed by atoms with E-state index in [4.69, 9.17) is 4.74 Å². The summed E-state index contributed by atoms with van der Waals surface area (Å²) in [5.41, 5.74) is -0.808. The molecule has 0 saturated carbocycles. The van der Waals surface area contributed by atoms with E-state index in [-0.39, 0.29) is 0 Å². The molecule has 6 nitrogen and oxygen atoms in total. The van der Waals surface area contributed by atoms with Gasteiger partial charge in [0.05, 0.1) is 12.8 Å². The number of hydrogen-bond donors (Lipinski definition) is 3. The summed E-state index contributed by atoms with van der Waals surface area (Å²) in [4.78, 5) is 23.2. The molecule has 1 aromatic carbocycles. The van der Waals surface area contributed by atoms with E-state index in [1.807, 2.05) is 6.92 Å². The fraction of sp³-hybridized carbons (Fsp3) is 0.429. The van der Waals surface area contributed by atoms with Gasteiger partial charge in [-0.25, -0.2) is 9.59 Å². The van der Waals surface area contributed by atoms with Crippen LogP contribution in [0, 0.1) is 0 Å². The van der Waals surface area contributed by atoms with Gasteiger partial charge in [0, 0.05) is 0 Å². The van der Waals surface area contributed by atoms with E-state index >= 15 is 0 Å². The van der Waals surface area contributed by atoms with Gasteiger partial charge < -0.3 is 20.5 Å². The second-order valence-corrected chi connectivity index (χ2v) is 4.67. The van der Waals surface area contributed by atoms with Gasteiger partial charge in [0.25, 0.3) is 0 Å². The lowest BCUT2D eigenvalue weighted by Crippen LogP contribution is -2.53. The minimum absolute atomic E-state index is 0.349. The molecule has 1 aromatic rings. The molecule has 0 aliphatic rings. The summed E-state index contributed by atoms with van der Waals surface area (Å²) >= 11 is 0. The number of carbonyl (C=O) groups excluding carboxylic acids is 1. The van der Waals surface area contributed by atoms with Crippen LogP contribution < -0.4 is 15.4 Å². The lowest BCUT2D eigenvalue weighted by molar-refractivity contribution is -0.143. The molecule has 0 saturated heterocycles. The summed E-state index contributed by atoms with van der Waals surface area (Å²) in [6.07, 6.45) is 0.999. The van der Waals surface area contributed by atoms with Crippen LogP contribution >= 0.6 is 0 Å². The molecule has 2 amide bonds. The van der Waals surface area contributed by atoms with Crippen molar-refractivity contribution in [1.82, 2.24) is 5.32 Å². The molecular formula is C14H20N2O4. The van der Waals surface area contributed by atoms with Crippen molar-refractivity contribution in [2.45, 2.75) is 32.2 Å². The Morgan fingerprint density at radius 3 is 2.55 bits per heavy atom. The molecule has 3 N–H and O–H groups in total.